The van der Waals surface area contributed by atoms with Gasteiger partial charge >= 0.3 is 0 Å². The monoisotopic (exact) mass is 478 g/mol. The summed E-state index contributed by atoms with van der Waals surface area (Å²) in [5, 5.41) is 8.33. The number of benzene rings is 2. The fourth-order valence-corrected chi connectivity index (χ4v) is 5.09. The lowest BCUT2D eigenvalue weighted by Gasteiger charge is -2.23. The van der Waals surface area contributed by atoms with E-state index in [2.05, 4.69) is 40.6 Å². The van der Waals surface area contributed by atoms with Gasteiger partial charge in [0.2, 0.25) is 0 Å². The summed E-state index contributed by atoms with van der Waals surface area (Å²) in [4.78, 5) is 16.5. The predicted octanol–water partition coefficient (Wildman–Crippen LogP) is 6.17. The number of aromatic nitrogens is 2. The molecule has 1 aliphatic heterocycles. The molecule has 5 nitrogen and oxygen atoms in total. The smallest absolute Gasteiger partial charge is 0.255 e. The summed E-state index contributed by atoms with van der Waals surface area (Å²) < 4.78 is 1.89. The van der Waals surface area contributed by atoms with E-state index < -0.39 is 0 Å². The van der Waals surface area contributed by atoms with Crippen molar-refractivity contribution in [2.75, 3.05) is 19.6 Å². The third kappa shape index (κ3) is 5.42. The molecule has 1 N–H and O–H groups in total. The Morgan fingerprint density at radius 1 is 1.00 bits per heavy atom. The van der Waals surface area contributed by atoms with E-state index in [4.69, 9.17) is 5.10 Å². The molecule has 2 aliphatic rings. The fraction of sp³-hybridized carbons (Fsp3) is 0.290. The molecule has 0 bridgehead atoms. The molecule has 0 radical (unpaired) electrons. The molecule has 2 aromatic carbocycles. The second kappa shape index (κ2) is 11.4. The van der Waals surface area contributed by atoms with E-state index >= 15 is 0 Å². The maximum absolute atomic E-state index is 14.0. The largest absolute Gasteiger partial charge is 0.345 e. The Balaban J connectivity index is 1.49. The van der Waals surface area contributed by atoms with Crippen molar-refractivity contribution in [1.82, 2.24) is 20.0 Å². The Labute approximate surface area is 213 Å². The number of allylic oxidation sites excluding steroid dienone is 6. The summed E-state index contributed by atoms with van der Waals surface area (Å²) in [5.41, 5.74) is 5.20. The van der Waals surface area contributed by atoms with Crippen molar-refractivity contribution in [2.24, 2.45) is 0 Å². The van der Waals surface area contributed by atoms with Crippen molar-refractivity contribution in [2.45, 2.75) is 38.6 Å². The lowest BCUT2D eigenvalue weighted by molar-refractivity contribution is 0.0932. The van der Waals surface area contributed by atoms with Crippen molar-refractivity contribution in [1.29, 1.82) is 0 Å². The Bertz CT molecular complexity index is 1260. The van der Waals surface area contributed by atoms with Crippen molar-refractivity contribution in [3.8, 4) is 11.3 Å². The van der Waals surface area contributed by atoms with Gasteiger partial charge in [0, 0.05) is 12.1 Å². The Morgan fingerprint density at radius 3 is 2.47 bits per heavy atom. The van der Waals surface area contributed by atoms with E-state index in [0.717, 1.165) is 55.0 Å². The van der Waals surface area contributed by atoms with Crippen molar-refractivity contribution in [3.63, 3.8) is 0 Å². The molecule has 1 aliphatic carbocycles. The lowest BCUT2D eigenvalue weighted by Crippen LogP contribution is -2.32. The zero-order valence-corrected chi connectivity index (χ0v) is 20.9. The van der Waals surface area contributed by atoms with Crippen LogP contribution in [0.4, 0.5) is 0 Å². The summed E-state index contributed by atoms with van der Waals surface area (Å²) in [5.74, 6) is -0.0818. The summed E-state index contributed by atoms with van der Waals surface area (Å²) in [6.07, 6.45) is 14.7. The van der Waals surface area contributed by atoms with E-state index in [1.165, 1.54) is 12.8 Å². The molecule has 1 saturated heterocycles. The van der Waals surface area contributed by atoms with Crippen LogP contribution in [0.15, 0.2) is 91.0 Å². The molecule has 0 spiro atoms. The van der Waals surface area contributed by atoms with Crippen LogP contribution in [0, 0.1) is 6.92 Å². The van der Waals surface area contributed by atoms with Crippen LogP contribution in [-0.4, -0.2) is 40.2 Å². The minimum Gasteiger partial charge on any atom is -0.345 e. The predicted molar refractivity (Wildman–Crippen MR) is 147 cm³/mol. The third-order valence-corrected chi connectivity index (χ3v) is 7.04. The first-order chi connectivity index (χ1) is 17.7. The van der Waals surface area contributed by atoms with Gasteiger partial charge in [0.05, 0.1) is 23.0 Å². The molecular formula is C31H34N4O. The van der Waals surface area contributed by atoms with Gasteiger partial charge in [0.15, 0.2) is 0 Å². The molecule has 36 heavy (non-hydrogen) atoms. The molecule has 3 aromatic rings. The highest BCUT2D eigenvalue weighted by Gasteiger charge is 2.26. The number of carbonyl (C=O) groups excluding carboxylic acids is 1. The molecule has 1 atom stereocenters. The first-order valence-corrected chi connectivity index (χ1v) is 13.0. The lowest BCUT2D eigenvalue weighted by atomic mass is 10.0. The number of rotatable bonds is 8. The van der Waals surface area contributed by atoms with E-state index in [1.54, 1.807) is 0 Å². The van der Waals surface area contributed by atoms with Gasteiger partial charge in [0.25, 0.3) is 5.91 Å². The average Bonchev–Trinajstić information content (AvgIpc) is 3.47. The van der Waals surface area contributed by atoms with Gasteiger partial charge in [-0.15, -0.1) is 0 Å². The maximum Gasteiger partial charge on any atom is 0.255 e. The third-order valence-electron chi connectivity index (χ3n) is 7.04. The van der Waals surface area contributed by atoms with Crippen LogP contribution < -0.4 is 5.32 Å². The zero-order chi connectivity index (χ0) is 24.7. The van der Waals surface area contributed by atoms with Crippen LogP contribution in [0.3, 0.4) is 0 Å². The number of nitrogens with one attached hydrogen (secondary N) is 1. The highest BCUT2D eigenvalue weighted by atomic mass is 16.1. The van der Waals surface area contributed by atoms with Gasteiger partial charge in [-0.25, -0.2) is 4.68 Å². The maximum atomic E-state index is 14.0. The van der Waals surface area contributed by atoms with Crippen LogP contribution in [0.25, 0.3) is 17.0 Å². The zero-order valence-electron chi connectivity index (χ0n) is 20.9. The molecule has 1 amide bonds. The highest BCUT2D eigenvalue weighted by molar-refractivity contribution is 6.01. The highest BCUT2D eigenvalue weighted by Crippen LogP contribution is 2.29. The minimum absolute atomic E-state index is 0.0643. The second-order valence-electron chi connectivity index (χ2n) is 9.52. The number of hydrogen-bond acceptors (Lipinski definition) is 3. The summed E-state index contributed by atoms with van der Waals surface area (Å²) in [7, 11) is 0. The molecule has 0 saturated carbocycles. The molecule has 5 heteroatoms. The van der Waals surface area contributed by atoms with Crippen molar-refractivity contribution >= 4 is 11.6 Å². The number of hydrogen-bond donors (Lipinski definition) is 1. The number of nitrogens with zero attached hydrogens (tertiary/aromatic N) is 3. The molecular weight excluding hydrogens is 444 g/mol. The molecule has 1 unspecified atom stereocenters. The molecule has 184 valence electrons. The molecule has 1 aromatic heterocycles. The summed E-state index contributed by atoms with van der Waals surface area (Å²) in [6, 6.07) is 20.3. The standard InChI is InChI=1S/C31H34N4O/c1-24-29(30(26-16-8-5-9-17-26)33-35(24)27-18-10-2-3-11-19-27)31(36)32-28(25-14-6-4-7-15-25)20-23-34-21-12-13-22-34/h2,4-11,14-19,28H,3,12-13,20-23H2,1H3,(H,32,36). The van der Waals surface area contributed by atoms with Gasteiger partial charge < -0.3 is 10.2 Å². The second-order valence-corrected chi connectivity index (χ2v) is 9.52. The molecule has 2 heterocycles. The first kappa shape index (κ1) is 24.0. The van der Waals surface area contributed by atoms with Crippen LogP contribution in [0.2, 0.25) is 0 Å². The van der Waals surface area contributed by atoms with Crippen LogP contribution >= 0.6 is 0 Å². The number of carbonyl (C=O) groups is 1. The van der Waals surface area contributed by atoms with Crippen molar-refractivity contribution < 1.29 is 4.79 Å². The topological polar surface area (TPSA) is 50.2 Å². The van der Waals surface area contributed by atoms with Gasteiger partial charge in [-0.1, -0.05) is 78.9 Å². The summed E-state index contributed by atoms with van der Waals surface area (Å²) >= 11 is 0. The first-order valence-electron chi connectivity index (χ1n) is 13.0. The molecule has 1 fully saturated rings. The van der Waals surface area contributed by atoms with Crippen LogP contribution in [-0.2, 0) is 0 Å². The Morgan fingerprint density at radius 2 is 1.72 bits per heavy atom. The van der Waals surface area contributed by atoms with Gasteiger partial charge in [-0.05, 0) is 63.4 Å². The average molecular weight is 479 g/mol. The van der Waals surface area contributed by atoms with E-state index in [1.807, 2.05) is 72.3 Å². The molecule has 5 rings (SSSR count). The van der Waals surface area contributed by atoms with Crippen LogP contribution in [0.5, 0.6) is 0 Å². The minimum atomic E-state index is -0.0818. The summed E-state index contributed by atoms with van der Waals surface area (Å²) in [6.45, 7) is 5.26. The quantitative estimate of drug-likeness (QED) is 0.421. The Kier molecular flexibility index (Phi) is 7.58. The van der Waals surface area contributed by atoms with Gasteiger partial charge in [-0.2, -0.15) is 5.10 Å². The Hall–Kier alpha value is -3.70. The van der Waals surface area contributed by atoms with E-state index in [9.17, 15) is 4.79 Å². The van der Waals surface area contributed by atoms with E-state index in [0.29, 0.717) is 11.3 Å². The van der Waals surface area contributed by atoms with Gasteiger partial charge in [0.1, 0.15) is 5.69 Å². The number of likely N-dealkylation sites (tertiary alicyclic amines) is 1. The van der Waals surface area contributed by atoms with Gasteiger partial charge in [-0.3, -0.25) is 4.79 Å². The fourth-order valence-electron chi connectivity index (χ4n) is 5.09. The van der Waals surface area contributed by atoms with E-state index in [-0.39, 0.29) is 11.9 Å². The van der Waals surface area contributed by atoms with Crippen LogP contribution in [0.1, 0.15) is 53.3 Å². The normalized spacial score (nSPS) is 16.5. The number of amides is 1. The van der Waals surface area contributed by atoms with Crippen molar-refractivity contribution in [3.05, 3.63) is 108 Å². The SMILES string of the molecule is Cc1c(C(=O)NC(CCN2CCCC2)c2ccccc2)c(-c2ccccc2)nn1C1=CC=CCC=C1.